The van der Waals surface area contributed by atoms with E-state index in [9.17, 15) is 14.4 Å². The summed E-state index contributed by atoms with van der Waals surface area (Å²) >= 11 is 0. The van der Waals surface area contributed by atoms with Crippen molar-refractivity contribution in [2.75, 3.05) is 20.8 Å². The van der Waals surface area contributed by atoms with Gasteiger partial charge in [-0.3, -0.25) is 9.59 Å². The van der Waals surface area contributed by atoms with E-state index in [1.165, 1.54) is 26.0 Å². The van der Waals surface area contributed by atoms with Gasteiger partial charge in [0.25, 0.3) is 5.91 Å². The fourth-order valence-electron chi connectivity index (χ4n) is 8.35. The van der Waals surface area contributed by atoms with Gasteiger partial charge in [0.2, 0.25) is 5.56 Å². The van der Waals surface area contributed by atoms with Gasteiger partial charge in [0.05, 0.1) is 31.0 Å². The summed E-state index contributed by atoms with van der Waals surface area (Å²) < 4.78 is 15.3. The molecule has 2 bridgehead atoms. The van der Waals surface area contributed by atoms with E-state index < -0.39 is 5.97 Å². The Morgan fingerprint density at radius 3 is 2.50 bits per heavy atom. The Labute approximate surface area is 287 Å². The molecule has 3 aliphatic rings. The third-order valence-electron chi connectivity index (χ3n) is 11.2. The number of nitrogens with zero attached hydrogens (tertiary/aromatic N) is 4. The fourth-order valence-corrected chi connectivity index (χ4v) is 8.35. The van der Waals surface area contributed by atoms with Gasteiger partial charge >= 0.3 is 5.97 Å². The van der Waals surface area contributed by atoms with Crippen molar-refractivity contribution in [1.29, 1.82) is 0 Å². The van der Waals surface area contributed by atoms with Crippen molar-refractivity contribution in [1.82, 2.24) is 24.0 Å². The van der Waals surface area contributed by atoms with E-state index in [-0.39, 0.29) is 29.1 Å². The molecule has 4 heterocycles. The minimum Gasteiger partial charge on any atom is -0.494 e. The first-order valence-corrected chi connectivity index (χ1v) is 17.2. The van der Waals surface area contributed by atoms with Gasteiger partial charge in [-0.15, -0.1) is 0 Å². The normalized spacial score (nSPS) is 20.0. The predicted molar refractivity (Wildman–Crippen MR) is 191 cm³/mol. The summed E-state index contributed by atoms with van der Waals surface area (Å²) in [5.74, 6) is 1.78. The van der Waals surface area contributed by atoms with Gasteiger partial charge in [-0.05, 0) is 85.0 Å². The third kappa shape index (κ3) is 4.74. The van der Waals surface area contributed by atoms with Gasteiger partial charge in [-0.25, -0.2) is 9.78 Å². The number of hydrogen-bond acceptors (Lipinski definition) is 7. The summed E-state index contributed by atoms with van der Waals surface area (Å²) in [5, 5.41) is 1.70. The Hall–Kier alpha value is -5.42. The minimum atomic E-state index is -0.556. The maximum atomic E-state index is 13.8. The van der Waals surface area contributed by atoms with Gasteiger partial charge in [0.1, 0.15) is 11.3 Å². The Morgan fingerprint density at radius 1 is 0.980 bits per heavy atom. The second kappa shape index (κ2) is 11.3. The molecule has 11 nitrogen and oxygen atoms in total. The zero-order valence-corrected chi connectivity index (χ0v) is 28.2. The summed E-state index contributed by atoms with van der Waals surface area (Å²) in [6, 6.07) is 19.4. The number of fused-ring (bicyclic) bond motifs is 5. The molecule has 3 aromatic carbocycles. The number of hydrogen-bond donors (Lipinski definition) is 2. The number of aryl methyl sites for hydroxylation is 1. The van der Waals surface area contributed by atoms with Gasteiger partial charge < -0.3 is 34.2 Å². The number of piperidine rings is 1. The number of amides is 1. The number of imidazole rings is 1. The van der Waals surface area contributed by atoms with Crippen LogP contribution in [0.2, 0.25) is 0 Å². The number of carbonyl (C=O) groups is 2. The van der Waals surface area contributed by atoms with Crippen LogP contribution >= 0.6 is 0 Å². The van der Waals surface area contributed by atoms with Crippen LogP contribution in [-0.2, 0) is 18.3 Å². The highest BCUT2D eigenvalue weighted by Crippen LogP contribution is 2.41. The lowest BCUT2D eigenvalue weighted by Gasteiger charge is -2.27. The molecule has 1 saturated heterocycles. The molecule has 3 atom stereocenters. The van der Waals surface area contributed by atoms with Crippen molar-refractivity contribution < 1.29 is 19.1 Å². The molecule has 1 amide bonds. The lowest BCUT2D eigenvalue weighted by Crippen LogP contribution is -2.41. The van der Waals surface area contributed by atoms with Gasteiger partial charge in [0, 0.05) is 65.7 Å². The lowest BCUT2D eigenvalue weighted by atomic mass is 10.00. The van der Waals surface area contributed by atoms with Crippen molar-refractivity contribution in [3.63, 3.8) is 0 Å². The zero-order valence-electron chi connectivity index (χ0n) is 28.2. The largest absolute Gasteiger partial charge is 0.494 e. The Balaban J connectivity index is 1.15. The van der Waals surface area contributed by atoms with E-state index in [2.05, 4.69) is 38.4 Å². The van der Waals surface area contributed by atoms with Crippen LogP contribution in [-0.4, -0.2) is 68.7 Å². The molecule has 2 aliphatic carbocycles. The van der Waals surface area contributed by atoms with Crippen molar-refractivity contribution in [2.45, 2.75) is 44.3 Å². The van der Waals surface area contributed by atoms with Crippen LogP contribution in [0.4, 0.5) is 0 Å². The first-order chi connectivity index (χ1) is 24.2. The molecule has 9 rings (SSSR count). The van der Waals surface area contributed by atoms with Crippen LogP contribution < -0.4 is 16.0 Å². The third-order valence-corrected chi connectivity index (χ3v) is 11.2. The molecule has 6 aromatic rings. The first-order valence-electron chi connectivity index (χ1n) is 17.2. The molecule has 50 heavy (non-hydrogen) atoms. The van der Waals surface area contributed by atoms with Crippen molar-refractivity contribution in [2.24, 2.45) is 24.6 Å². The Bertz CT molecular complexity index is 2450. The molecule has 1 aliphatic heterocycles. The molecule has 3 N–H and O–H groups in total. The molecule has 3 fully saturated rings. The van der Waals surface area contributed by atoms with Crippen molar-refractivity contribution in [3.8, 4) is 28.4 Å². The van der Waals surface area contributed by atoms with E-state index in [1.54, 1.807) is 7.11 Å². The van der Waals surface area contributed by atoms with E-state index >= 15 is 0 Å². The standard InChI is InChI=1S/C39H38N6O5/c1-43-36-29(13-25(16-33(36)49-2)38(47)45-19-24-9-11-30(45)35(24)40)42-37(43)32-15-23-7-6-22(14-31(23)44(32)18-20-4-5-20)21-8-10-28-26(12-21)27(39(48)50-3)17-34(46)41-28/h6-8,10,12-17,20,24,30,35H,4-5,9,11,18-19,40H2,1-3H3,(H,41,46). The Kier molecular flexibility index (Phi) is 6.93. The van der Waals surface area contributed by atoms with Crippen LogP contribution in [0.5, 0.6) is 5.75 Å². The number of rotatable bonds is 7. The number of nitrogens with two attached hydrogens (primary N) is 1. The highest BCUT2D eigenvalue weighted by atomic mass is 16.5. The molecule has 0 spiro atoms. The average Bonchev–Trinajstić information content (AvgIpc) is 3.53. The number of likely N-dealkylation sites (tertiary alicyclic amines) is 1. The highest BCUT2D eigenvalue weighted by Gasteiger charge is 2.47. The summed E-state index contributed by atoms with van der Waals surface area (Å²) in [6.07, 6.45) is 4.40. The number of nitrogens with one attached hydrogen (secondary N) is 1. The molecule has 3 unspecified atom stereocenters. The van der Waals surface area contributed by atoms with Crippen LogP contribution in [0.25, 0.3) is 55.5 Å². The number of aromatic amines is 1. The number of ether oxygens (including phenoxy) is 2. The highest BCUT2D eigenvalue weighted by molar-refractivity contribution is 6.05. The molecule has 254 valence electrons. The van der Waals surface area contributed by atoms with E-state index in [0.29, 0.717) is 46.1 Å². The van der Waals surface area contributed by atoms with Gasteiger partial charge in [-0.1, -0.05) is 18.2 Å². The molecule has 0 radical (unpaired) electrons. The van der Waals surface area contributed by atoms with E-state index in [4.69, 9.17) is 20.2 Å². The average molecular weight is 671 g/mol. The number of H-pyrrole nitrogens is 1. The number of pyridine rings is 1. The number of methoxy groups -OCH3 is 2. The molecule has 11 heteroatoms. The fraction of sp³-hybridized carbons (Fsp3) is 0.333. The molecular weight excluding hydrogens is 632 g/mol. The van der Waals surface area contributed by atoms with Crippen molar-refractivity contribution >= 4 is 44.7 Å². The first kappa shape index (κ1) is 30.6. The van der Waals surface area contributed by atoms with Gasteiger partial charge in [0.15, 0.2) is 5.82 Å². The molecule has 2 saturated carbocycles. The minimum absolute atomic E-state index is 0.0193. The monoisotopic (exact) mass is 670 g/mol. The quantitative estimate of drug-likeness (QED) is 0.215. The van der Waals surface area contributed by atoms with E-state index in [0.717, 1.165) is 58.5 Å². The zero-order chi connectivity index (χ0) is 34.4. The summed E-state index contributed by atoms with van der Waals surface area (Å²) in [5.41, 5.74) is 12.9. The van der Waals surface area contributed by atoms with E-state index in [1.807, 2.05) is 42.3 Å². The number of esters is 1. The van der Waals surface area contributed by atoms with Crippen LogP contribution in [0.15, 0.2) is 65.5 Å². The molecule has 3 aromatic heterocycles. The SMILES string of the molecule is COC(=O)c1cc(=O)[nH]c2ccc(-c3ccc4cc(-c5nc6cc(C(=O)N7CC8CCC7C8N)cc(OC)c6n5C)n(CC5CC5)c4c3)cc12. The number of benzene rings is 3. The van der Waals surface area contributed by atoms with Crippen LogP contribution in [0, 0.1) is 11.8 Å². The second-order valence-corrected chi connectivity index (χ2v) is 14.1. The predicted octanol–water partition coefficient (Wildman–Crippen LogP) is 5.47. The van der Waals surface area contributed by atoms with Crippen molar-refractivity contribution in [3.05, 3.63) is 82.1 Å². The second-order valence-electron chi connectivity index (χ2n) is 14.1. The maximum Gasteiger partial charge on any atom is 0.338 e. The number of aromatic nitrogens is 4. The summed E-state index contributed by atoms with van der Waals surface area (Å²) in [4.78, 5) is 48.5. The summed E-state index contributed by atoms with van der Waals surface area (Å²) in [6.45, 7) is 1.56. The van der Waals surface area contributed by atoms with Crippen LogP contribution in [0.3, 0.4) is 0 Å². The van der Waals surface area contributed by atoms with Gasteiger partial charge in [-0.2, -0.15) is 0 Å². The molecular formula is C39H38N6O5. The maximum absolute atomic E-state index is 13.8. The smallest absolute Gasteiger partial charge is 0.338 e. The van der Waals surface area contributed by atoms with Crippen LogP contribution in [0.1, 0.15) is 46.4 Å². The Morgan fingerprint density at radius 2 is 1.78 bits per heavy atom. The number of carbonyl (C=O) groups excluding carboxylic acids is 2. The topological polar surface area (TPSA) is 137 Å². The summed E-state index contributed by atoms with van der Waals surface area (Å²) in [7, 11) is 4.94. The lowest BCUT2D eigenvalue weighted by molar-refractivity contribution is 0.0602.